The lowest BCUT2D eigenvalue weighted by Crippen LogP contribution is -2.50. The molecule has 20 heavy (non-hydrogen) atoms. The number of hydrogen-bond donors (Lipinski definition) is 1. The van der Waals surface area contributed by atoms with E-state index in [2.05, 4.69) is 12.2 Å². The average molecular weight is 279 g/mol. The lowest BCUT2D eigenvalue weighted by molar-refractivity contribution is -0.150. The summed E-state index contributed by atoms with van der Waals surface area (Å²) in [5, 5.41) is 3.33. The monoisotopic (exact) mass is 279 g/mol. The van der Waals surface area contributed by atoms with Crippen LogP contribution in [0.2, 0.25) is 0 Å². The third-order valence-corrected chi connectivity index (χ3v) is 4.16. The molecule has 1 fully saturated rings. The van der Waals surface area contributed by atoms with Gasteiger partial charge in [-0.3, -0.25) is 0 Å². The number of benzene rings is 1. The lowest BCUT2D eigenvalue weighted by Gasteiger charge is -2.34. The maximum absolute atomic E-state index is 13.0. The van der Waals surface area contributed by atoms with Crippen LogP contribution in [0, 0.1) is 11.7 Å². The highest BCUT2D eigenvalue weighted by molar-refractivity contribution is 5.85. The van der Waals surface area contributed by atoms with Crippen molar-refractivity contribution in [1.29, 1.82) is 0 Å². The van der Waals surface area contributed by atoms with Crippen molar-refractivity contribution < 1.29 is 13.9 Å². The summed E-state index contributed by atoms with van der Waals surface area (Å²) in [6, 6.07) is 6.14. The average Bonchev–Trinajstić information content (AvgIpc) is 2.85. The first-order chi connectivity index (χ1) is 9.62. The molecule has 3 nitrogen and oxygen atoms in total. The van der Waals surface area contributed by atoms with Crippen LogP contribution in [0.3, 0.4) is 0 Å². The summed E-state index contributed by atoms with van der Waals surface area (Å²) >= 11 is 0. The Kier molecular flexibility index (Phi) is 4.63. The van der Waals surface area contributed by atoms with Crippen molar-refractivity contribution in [2.24, 2.45) is 5.92 Å². The number of nitrogens with one attached hydrogen (secondary N) is 1. The molecule has 0 heterocycles. The Morgan fingerprint density at radius 3 is 2.70 bits per heavy atom. The van der Waals surface area contributed by atoms with Gasteiger partial charge in [0.25, 0.3) is 0 Å². The molecule has 1 saturated carbocycles. The van der Waals surface area contributed by atoms with Gasteiger partial charge in [-0.25, -0.2) is 9.18 Å². The SMILES string of the molecule is CCOC(=O)C1(Nc2ccc(F)cc2)CCCC1CC. The van der Waals surface area contributed by atoms with Gasteiger partial charge in [0, 0.05) is 5.69 Å². The van der Waals surface area contributed by atoms with Gasteiger partial charge < -0.3 is 10.1 Å². The van der Waals surface area contributed by atoms with Crippen LogP contribution >= 0.6 is 0 Å². The molecule has 2 unspecified atom stereocenters. The Morgan fingerprint density at radius 1 is 1.40 bits per heavy atom. The molecule has 0 bridgehead atoms. The predicted octanol–water partition coefficient (Wildman–Crippen LogP) is 3.75. The van der Waals surface area contributed by atoms with Crippen molar-refractivity contribution in [2.45, 2.75) is 45.1 Å². The second-order valence-corrected chi connectivity index (χ2v) is 5.32. The second kappa shape index (κ2) is 6.25. The number of carbonyl (C=O) groups excluding carboxylic acids is 1. The fourth-order valence-corrected chi connectivity index (χ4v) is 3.17. The molecule has 1 aliphatic carbocycles. The van der Waals surface area contributed by atoms with E-state index in [-0.39, 0.29) is 17.7 Å². The zero-order chi connectivity index (χ0) is 14.6. The van der Waals surface area contributed by atoms with Crippen LogP contribution in [0.15, 0.2) is 24.3 Å². The standard InChI is InChI=1S/C16H22FNO2/c1-3-12-6-5-11-16(12,15(19)20-4-2)18-14-9-7-13(17)8-10-14/h7-10,12,18H,3-6,11H2,1-2H3. The first-order valence-corrected chi connectivity index (χ1v) is 7.33. The van der Waals surface area contributed by atoms with Gasteiger partial charge in [-0.15, -0.1) is 0 Å². The van der Waals surface area contributed by atoms with Gasteiger partial charge in [-0.05, 0) is 49.9 Å². The molecule has 0 aliphatic heterocycles. The molecule has 110 valence electrons. The van der Waals surface area contributed by atoms with Crippen LogP contribution in [-0.2, 0) is 9.53 Å². The largest absolute Gasteiger partial charge is 0.464 e. The number of rotatable bonds is 5. The maximum atomic E-state index is 13.0. The fourth-order valence-electron chi connectivity index (χ4n) is 3.17. The van der Waals surface area contributed by atoms with Gasteiger partial charge >= 0.3 is 5.97 Å². The van der Waals surface area contributed by atoms with Crippen molar-refractivity contribution in [3.8, 4) is 0 Å². The summed E-state index contributed by atoms with van der Waals surface area (Å²) in [4.78, 5) is 12.4. The molecule has 0 aromatic heterocycles. The summed E-state index contributed by atoms with van der Waals surface area (Å²) in [6.07, 6.45) is 3.71. The summed E-state index contributed by atoms with van der Waals surface area (Å²) in [7, 11) is 0. The quantitative estimate of drug-likeness (QED) is 0.834. The van der Waals surface area contributed by atoms with E-state index >= 15 is 0 Å². The summed E-state index contributed by atoms with van der Waals surface area (Å²) in [5.41, 5.74) is 0.0996. The Bertz CT molecular complexity index is 460. The zero-order valence-corrected chi connectivity index (χ0v) is 12.1. The predicted molar refractivity (Wildman–Crippen MR) is 77.0 cm³/mol. The van der Waals surface area contributed by atoms with Crippen molar-refractivity contribution in [3.63, 3.8) is 0 Å². The van der Waals surface area contributed by atoms with Crippen LogP contribution in [0.5, 0.6) is 0 Å². The second-order valence-electron chi connectivity index (χ2n) is 5.32. The minimum atomic E-state index is -0.664. The number of carbonyl (C=O) groups is 1. The molecule has 1 N–H and O–H groups in total. The van der Waals surface area contributed by atoms with Crippen LogP contribution in [-0.4, -0.2) is 18.1 Å². The van der Waals surface area contributed by atoms with Crippen LogP contribution < -0.4 is 5.32 Å². The number of hydrogen-bond acceptors (Lipinski definition) is 3. The number of anilines is 1. The van der Waals surface area contributed by atoms with E-state index in [1.807, 2.05) is 6.92 Å². The van der Waals surface area contributed by atoms with E-state index in [9.17, 15) is 9.18 Å². The molecular weight excluding hydrogens is 257 g/mol. The zero-order valence-electron chi connectivity index (χ0n) is 12.1. The minimum Gasteiger partial charge on any atom is -0.464 e. The molecular formula is C16H22FNO2. The van der Waals surface area contributed by atoms with Gasteiger partial charge in [0.1, 0.15) is 11.4 Å². The van der Waals surface area contributed by atoms with Gasteiger partial charge in [0.15, 0.2) is 0 Å². The maximum Gasteiger partial charge on any atom is 0.332 e. The van der Waals surface area contributed by atoms with Gasteiger partial charge in [0.2, 0.25) is 0 Å². The first-order valence-electron chi connectivity index (χ1n) is 7.33. The molecule has 4 heteroatoms. The van der Waals surface area contributed by atoms with Crippen LogP contribution in [0.1, 0.15) is 39.5 Å². The van der Waals surface area contributed by atoms with Crippen molar-refractivity contribution in [1.82, 2.24) is 0 Å². The van der Waals surface area contributed by atoms with E-state index in [0.29, 0.717) is 6.61 Å². The van der Waals surface area contributed by atoms with Crippen LogP contribution in [0.25, 0.3) is 0 Å². The molecule has 2 atom stereocenters. The van der Waals surface area contributed by atoms with Crippen molar-refractivity contribution >= 4 is 11.7 Å². The minimum absolute atomic E-state index is 0.186. The molecule has 0 saturated heterocycles. The normalized spacial score (nSPS) is 25.4. The molecule has 0 amide bonds. The summed E-state index contributed by atoms with van der Waals surface area (Å²) in [5.74, 6) is -0.209. The fraction of sp³-hybridized carbons (Fsp3) is 0.562. The van der Waals surface area contributed by atoms with Gasteiger partial charge in [0.05, 0.1) is 6.61 Å². The Morgan fingerprint density at radius 2 is 2.10 bits per heavy atom. The van der Waals surface area contributed by atoms with E-state index in [1.165, 1.54) is 12.1 Å². The van der Waals surface area contributed by atoms with Crippen LogP contribution in [0.4, 0.5) is 10.1 Å². The molecule has 1 aromatic carbocycles. The number of esters is 1. The van der Waals surface area contributed by atoms with Gasteiger partial charge in [-0.1, -0.05) is 19.8 Å². The molecule has 1 aromatic rings. The first kappa shape index (κ1) is 14.8. The van der Waals surface area contributed by atoms with Crippen molar-refractivity contribution in [2.75, 3.05) is 11.9 Å². The van der Waals surface area contributed by atoms with E-state index in [4.69, 9.17) is 4.74 Å². The molecule has 2 rings (SSSR count). The lowest BCUT2D eigenvalue weighted by atomic mass is 9.84. The van der Waals surface area contributed by atoms with E-state index in [0.717, 1.165) is 31.4 Å². The van der Waals surface area contributed by atoms with E-state index < -0.39 is 5.54 Å². The highest BCUT2D eigenvalue weighted by atomic mass is 19.1. The Hall–Kier alpha value is -1.58. The molecule has 0 spiro atoms. The summed E-state index contributed by atoms with van der Waals surface area (Å²) in [6.45, 7) is 4.29. The Balaban J connectivity index is 2.27. The van der Waals surface area contributed by atoms with Crippen molar-refractivity contribution in [3.05, 3.63) is 30.1 Å². The summed E-state index contributed by atoms with van der Waals surface area (Å²) < 4.78 is 18.3. The Labute approximate surface area is 119 Å². The number of ether oxygens (including phenoxy) is 1. The van der Waals surface area contributed by atoms with Gasteiger partial charge in [-0.2, -0.15) is 0 Å². The highest BCUT2D eigenvalue weighted by Gasteiger charge is 2.49. The third-order valence-electron chi connectivity index (χ3n) is 4.16. The highest BCUT2D eigenvalue weighted by Crippen LogP contribution is 2.41. The smallest absolute Gasteiger partial charge is 0.332 e. The van der Waals surface area contributed by atoms with E-state index in [1.54, 1.807) is 12.1 Å². The molecule has 0 radical (unpaired) electrons. The molecule has 1 aliphatic rings. The topological polar surface area (TPSA) is 38.3 Å². The third kappa shape index (κ3) is 2.79. The number of halogens is 1.